The number of aromatic nitrogens is 3. The number of hydrogen-bond acceptors (Lipinski definition) is 4. The molecule has 1 aliphatic rings. The van der Waals surface area contributed by atoms with Crippen molar-refractivity contribution in [2.45, 2.75) is 38.8 Å². The van der Waals surface area contributed by atoms with Crippen molar-refractivity contribution in [3.8, 4) is 0 Å². The predicted octanol–water partition coefficient (Wildman–Crippen LogP) is 0.932. The summed E-state index contributed by atoms with van der Waals surface area (Å²) in [5.41, 5.74) is 0. The maximum atomic E-state index is 12.5. The van der Waals surface area contributed by atoms with Crippen molar-refractivity contribution in [3.63, 3.8) is 0 Å². The van der Waals surface area contributed by atoms with Crippen LogP contribution in [0.25, 0.3) is 0 Å². The van der Waals surface area contributed by atoms with Crippen molar-refractivity contribution in [2.75, 3.05) is 13.6 Å². The van der Waals surface area contributed by atoms with Gasteiger partial charge in [-0.2, -0.15) is 5.10 Å². The molecule has 1 fully saturated rings. The zero-order chi connectivity index (χ0) is 15.4. The third-order valence-electron chi connectivity index (χ3n) is 4.00. The lowest BCUT2D eigenvalue weighted by Crippen LogP contribution is -2.53. The smallest absolute Gasteiger partial charge is 0.326 e. The lowest BCUT2D eigenvalue weighted by Gasteiger charge is -2.38. The van der Waals surface area contributed by atoms with Gasteiger partial charge in [0.25, 0.3) is 0 Å². The third kappa shape index (κ3) is 3.50. The molecule has 0 bridgehead atoms. The summed E-state index contributed by atoms with van der Waals surface area (Å²) >= 11 is 0. The van der Waals surface area contributed by atoms with Gasteiger partial charge in [0.15, 0.2) is 0 Å². The number of nitrogens with zero attached hydrogens (tertiary/aromatic N) is 4. The highest BCUT2D eigenvalue weighted by Gasteiger charge is 2.36. The Hall–Kier alpha value is -2.12. The Balaban J connectivity index is 2.04. The third-order valence-corrected chi connectivity index (χ3v) is 4.00. The van der Waals surface area contributed by atoms with Crippen LogP contribution in [0.5, 0.6) is 0 Å². The molecule has 1 aromatic heterocycles. The zero-order valence-electron chi connectivity index (χ0n) is 12.3. The molecule has 1 saturated heterocycles. The zero-order valence-corrected chi connectivity index (χ0v) is 12.3. The van der Waals surface area contributed by atoms with Gasteiger partial charge in [0.1, 0.15) is 18.2 Å². The Morgan fingerprint density at radius 1 is 1.57 bits per heavy atom. The summed E-state index contributed by atoms with van der Waals surface area (Å²) in [5, 5.41) is 15.8. The molecule has 0 radical (unpaired) electrons. The minimum absolute atomic E-state index is 0.277. The van der Waals surface area contributed by atoms with Crippen molar-refractivity contribution < 1.29 is 14.7 Å². The molecule has 2 unspecified atom stereocenters. The summed E-state index contributed by atoms with van der Waals surface area (Å²) in [6, 6.07) is -1.03. The van der Waals surface area contributed by atoms with Crippen LogP contribution < -0.4 is 0 Å². The van der Waals surface area contributed by atoms with Gasteiger partial charge < -0.3 is 14.9 Å². The van der Waals surface area contributed by atoms with E-state index in [1.165, 1.54) is 16.1 Å². The minimum Gasteiger partial charge on any atom is -0.480 e. The van der Waals surface area contributed by atoms with Gasteiger partial charge in [-0.1, -0.05) is 13.3 Å². The number of carboxylic acid groups (broad SMARTS) is 1. The average molecular weight is 295 g/mol. The normalized spacial score (nSPS) is 22.1. The molecular weight excluding hydrogens is 274 g/mol. The number of likely N-dealkylation sites (tertiary alicyclic amines) is 1. The summed E-state index contributed by atoms with van der Waals surface area (Å²) < 4.78 is 0. The lowest BCUT2D eigenvalue weighted by molar-refractivity contribution is -0.144. The number of urea groups is 1. The van der Waals surface area contributed by atoms with Crippen LogP contribution in [-0.2, 0) is 11.3 Å². The highest BCUT2D eigenvalue weighted by Crippen LogP contribution is 2.26. The van der Waals surface area contributed by atoms with Crippen LogP contribution in [0.1, 0.15) is 32.0 Å². The van der Waals surface area contributed by atoms with Crippen molar-refractivity contribution >= 4 is 12.0 Å². The fourth-order valence-corrected chi connectivity index (χ4v) is 2.69. The Bertz CT molecular complexity index is 490. The number of nitrogens with one attached hydrogen (secondary N) is 1. The van der Waals surface area contributed by atoms with Gasteiger partial charge in [0.05, 0.1) is 6.54 Å². The maximum absolute atomic E-state index is 12.5. The molecule has 2 amide bonds. The number of rotatable bonds is 4. The fraction of sp³-hybridized carbons (Fsp3) is 0.692. The molecule has 8 nitrogen and oxygen atoms in total. The number of hydrogen-bond donors (Lipinski definition) is 2. The molecule has 21 heavy (non-hydrogen) atoms. The number of aliphatic carboxylic acids is 1. The number of carboxylic acids is 1. The van der Waals surface area contributed by atoms with Crippen molar-refractivity contribution in [2.24, 2.45) is 5.92 Å². The van der Waals surface area contributed by atoms with Crippen LogP contribution >= 0.6 is 0 Å². The topological polar surface area (TPSA) is 102 Å². The van der Waals surface area contributed by atoms with Crippen LogP contribution in [0, 0.1) is 5.92 Å². The number of aromatic amines is 1. The molecule has 0 saturated carbocycles. The Morgan fingerprint density at radius 3 is 2.90 bits per heavy atom. The highest BCUT2D eigenvalue weighted by atomic mass is 16.4. The molecule has 0 aliphatic carbocycles. The Morgan fingerprint density at radius 2 is 2.33 bits per heavy atom. The molecule has 8 heteroatoms. The second-order valence-corrected chi connectivity index (χ2v) is 5.42. The lowest BCUT2D eigenvalue weighted by atomic mass is 9.89. The molecule has 1 aliphatic heterocycles. The van der Waals surface area contributed by atoms with Gasteiger partial charge in [-0.15, -0.1) is 0 Å². The highest BCUT2D eigenvalue weighted by molar-refractivity contribution is 5.82. The first-order valence-electron chi connectivity index (χ1n) is 7.11. The van der Waals surface area contributed by atoms with Crippen LogP contribution in [0.4, 0.5) is 4.79 Å². The summed E-state index contributed by atoms with van der Waals surface area (Å²) in [6.07, 6.45) is 3.69. The number of H-pyrrole nitrogens is 1. The van der Waals surface area contributed by atoms with E-state index in [0.29, 0.717) is 24.7 Å². The molecule has 2 atom stereocenters. The first-order valence-corrected chi connectivity index (χ1v) is 7.11. The van der Waals surface area contributed by atoms with Crippen LogP contribution in [0.3, 0.4) is 0 Å². The Kier molecular flexibility index (Phi) is 4.77. The molecule has 1 aromatic rings. The number of amides is 2. The second-order valence-electron chi connectivity index (χ2n) is 5.42. The fourth-order valence-electron chi connectivity index (χ4n) is 2.69. The summed E-state index contributed by atoms with van der Waals surface area (Å²) in [7, 11) is 1.63. The molecular formula is C13H21N5O3. The van der Waals surface area contributed by atoms with E-state index in [4.69, 9.17) is 0 Å². The number of carbonyl (C=O) groups is 2. The first kappa shape index (κ1) is 15.3. The first-order chi connectivity index (χ1) is 10.0. The van der Waals surface area contributed by atoms with Crippen molar-refractivity contribution in [1.82, 2.24) is 25.0 Å². The maximum Gasteiger partial charge on any atom is 0.326 e. The Labute approximate surface area is 123 Å². The largest absolute Gasteiger partial charge is 0.480 e. The minimum atomic E-state index is -0.936. The van der Waals surface area contributed by atoms with Crippen molar-refractivity contribution in [3.05, 3.63) is 12.2 Å². The van der Waals surface area contributed by atoms with Crippen molar-refractivity contribution in [1.29, 1.82) is 0 Å². The van der Waals surface area contributed by atoms with Crippen LogP contribution in [-0.4, -0.2) is 61.7 Å². The summed E-state index contributed by atoms with van der Waals surface area (Å²) in [5.74, 6) is 0.00506. The van der Waals surface area contributed by atoms with E-state index < -0.39 is 12.0 Å². The van der Waals surface area contributed by atoms with Gasteiger partial charge in [-0.3, -0.25) is 5.10 Å². The standard InChI is InChI=1S/C13H21N5O3/c1-3-9-4-5-18(10(6-9)12(19)20)13(21)17(2)7-11-14-8-15-16-11/h8-10H,3-7H2,1-2H3,(H,19,20)(H,14,15,16). The molecule has 2 rings (SSSR count). The molecule has 0 spiro atoms. The molecule has 116 valence electrons. The van der Waals surface area contributed by atoms with Gasteiger partial charge >= 0.3 is 12.0 Å². The van der Waals surface area contributed by atoms with Crippen LogP contribution in [0.2, 0.25) is 0 Å². The van der Waals surface area contributed by atoms with Gasteiger partial charge in [-0.05, 0) is 18.8 Å². The average Bonchev–Trinajstić information content (AvgIpc) is 2.98. The van der Waals surface area contributed by atoms with E-state index in [9.17, 15) is 14.7 Å². The summed E-state index contributed by atoms with van der Waals surface area (Å²) in [6.45, 7) is 2.81. The number of piperidine rings is 1. The number of carbonyl (C=O) groups excluding carboxylic acids is 1. The summed E-state index contributed by atoms with van der Waals surface area (Å²) in [4.78, 5) is 30.8. The van der Waals surface area contributed by atoms with E-state index in [1.54, 1.807) is 7.05 Å². The van der Waals surface area contributed by atoms with Gasteiger partial charge in [0.2, 0.25) is 0 Å². The van der Waals surface area contributed by atoms with E-state index in [1.807, 2.05) is 0 Å². The molecule has 0 aromatic carbocycles. The van der Waals surface area contributed by atoms with E-state index in [0.717, 1.165) is 12.8 Å². The quantitative estimate of drug-likeness (QED) is 0.860. The van der Waals surface area contributed by atoms with Gasteiger partial charge in [0, 0.05) is 13.6 Å². The predicted molar refractivity (Wildman–Crippen MR) is 74.4 cm³/mol. The monoisotopic (exact) mass is 295 g/mol. The second kappa shape index (κ2) is 6.55. The van der Waals surface area contributed by atoms with E-state index in [-0.39, 0.29) is 12.6 Å². The SMILES string of the molecule is CCC1CCN(C(=O)N(C)Cc2ncn[nH]2)C(C(=O)O)C1. The van der Waals surface area contributed by atoms with Crippen LogP contribution in [0.15, 0.2) is 6.33 Å². The molecule has 2 N–H and O–H groups in total. The van der Waals surface area contributed by atoms with E-state index in [2.05, 4.69) is 22.1 Å². The molecule has 2 heterocycles. The van der Waals surface area contributed by atoms with E-state index >= 15 is 0 Å². The van der Waals surface area contributed by atoms with Gasteiger partial charge in [-0.25, -0.2) is 14.6 Å².